The average molecular weight is 349 g/mol. The number of para-hydroxylation sites is 1. The van der Waals surface area contributed by atoms with Gasteiger partial charge in [0.1, 0.15) is 11.5 Å². The van der Waals surface area contributed by atoms with E-state index in [0.717, 1.165) is 33.8 Å². The number of nitrogens with zero attached hydrogens (tertiary/aromatic N) is 5. The van der Waals surface area contributed by atoms with E-state index in [9.17, 15) is 0 Å². The summed E-state index contributed by atoms with van der Waals surface area (Å²) in [4.78, 5) is 4.68. The Hall–Kier alpha value is -2.60. The van der Waals surface area contributed by atoms with Crippen molar-refractivity contribution in [1.29, 1.82) is 0 Å². The van der Waals surface area contributed by atoms with Gasteiger partial charge in [0, 0.05) is 18.1 Å². The molecular formula is C19H19N5S. The number of benzene rings is 1. The number of pyridine rings is 1. The summed E-state index contributed by atoms with van der Waals surface area (Å²) in [6.07, 6.45) is 4.17. The minimum atomic E-state index is 0.755. The van der Waals surface area contributed by atoms with Crippen LogP contribution in [0.2, 0.25) is 0 Å². The molecule has 0 spiro atoms. The van der Waals surface area contributed by atoms with E-state index in [1.807, 2.05) is 25.1 Å². The standard InChI is InChI=1S/C19H19N5S/c1-13-8-9-18-20-16(11-23(18)10-13)12-25-19-22-21-15(3)24(19)17-7-5-4-6-14(17)2/h4-11H,12H2,1-3H3. The quantitative estimate of drug-likeness (QED) is 0.520. The number of thioether (sulfide) groups is 1. The van der Waals surface area contributed by atoms with Gasteiger partial charge in [0.05, 0.1) is 11.4 Å². The van der Waals surface area contributed by atoms with E-state index < -0.39 is 0 Å². The Morgan fingerprint density at radius 1 is 0.960 bits per heavy atom. The summed E-state index contributed by atoms with van der Waals surface area (Å²) in [5.74, 6) is 1.65. The Morgan fingerprint density at radius 2 is 1.80 bits per heavy atom. The smallest absolute Gasteiger partial charge is 0.196 e. The van der Waals surface area contributed by atoms with Crippen molar-refractivity contribution in [3.05, 3.63) is 71.4 Å². The first-order chi connectivity index (χ1) is 12.1. The third kappa shape index (κ3) is 3.05. The zero-order chi connectivity index (χ0) is 17.4. The van der Waals surface area contributed by atoms with Crippen LogP contribution in [-0.2, 0) is 5.75 Å². The predicted molar refractivity (Wildman–Crippen MR) is 100 cm³/mol. The van der Waals surface area contributed by atoms with Crippen LogP contribution in [0.25, 0.3) is 11.3 Å². The van der Waals surface area contributed by atoms with Gasteiger partial charge in [-0.15, -0.1) is 10.2 Å². The average Bonchev–Trinajstić information content (AvgIpc) is 3.16. The van der Waals surface area contributed by atoms with Crippen LogP contribution in [-0.4, -0.2) is 24.1 Å². The van der Waals surface area contributed by atoms with Gasteiger partial charge in [-0.3, -0.25) is 4.57 Å². The molecular weight excluding hydrogens is 330 g/mol. The number of imidazole rings is 1. The summed E-state index contributed by atoms with van der Waals surface area (Å²) in [6.45, 7) is 6.17. The molecule has 0 radical (unpaired) electrons. The van der Waals surface area contributed by atoms with Crippen molar-refractivity contribution < 1.29 is 0 Å². The molecule has 0 aliphatic rings. The van der Waals surface area contributed by atoms with Gasteiger partial charge in [0.2, 0.25) is 0 Å². The van der Waals surface area contributed by atoms with Gasteiger partial charge in [-0.05, 0) is 44.0 Å². The normalized spacial score (nSPS) is 11.3. The molecule has 1 aromatic carbocycles. The van der Waals surface area contributed by atoms with Gasteiger partial charge in [0.25, 0.3) is 0 Å². The summed E-state index contributed by atoms with van der Waals surface area (Å²) >= 11 is 1.66. The molecule has 4 aromatic rings. The lowest BCUT2D eigenvalue weighted by Crippen LogP contribution is -2.01. The lowest BCUT2D eigenvalue weighted by atomic mass is 10.2. The van der Waals surface area contributed by atoms with Gasteiger partial charge >= 0.3 is 0 Å². The van der Waals surface area contributed by atoms with Crippen molar-refractivity contribution in [3.8, 4) is 5.69 Å². The lowest BCUT2D eigenvalue weighted by Gasteiger charge is -2.10. The maximum atomic E-state index is 4.68. The third-order valence-electron chi connectivity index (χ3n) is 4.15. The van der Waals surface area contributed by atoms with Crippen LogP contribution in [0.1, 0.15) is 22.6 Å². The number of aromatic nitrogens is 5. The van der Waals surface area contributed by atoms with E-state index in [2.05, 4.69) is 68.6 Å². The first-order valence-corrected chi connectivity index (χ1v) is 9.15. The van der Waals surface area contributed by atoms with E-state index >= 15 is 0 Å². The van der Waals surface area contributed by atoms with Crippen LogP contribution >= 0.6 is 11.8 Å². The molecule has 126 valence electrons. The summed E-state index contributed by atoms with van der Waals surface area (Å²) in [5.41, 5.74) is 5.55. The second-order valence-corrected chi connectivity index (χ2v) is 7.09. The van der Waals surface area contributed by atoms with Crippen LogP contribution in [0.4, 0.5) is 0 Å². The number of hydrogen-bond donors (Lipinski definition) is 0. The Kier molecular flexibility index (Phi) is 4.05. The second kappa shape index (κ2) is 6.37. The second-order valence-electron chi connectivity index (χ2n) is 6.14. The Morgan fingerprint density at radius 3 is 2.64 bits per heavy atom. The highest BCUT2D eigenvalue weighted by atomic mass is 32.2. The van der Waals surface area contributed by atoms with E-state index in [1.165, 1.54) is 11.1 Å². The van der Waals surface area contributed by atoms with Crippen molar-refractivity contribution in [2.45, 2.75) is 31.7 Å². The van der Waals surface area contributed by atoms with Crippen molar-refractivity contribution >= 4 is 17.4 Å². The van der Waals surface area contributed by atoms with Crippen molar-refractivity contribution in [3.63, 3.8) is 0 Å². The Bertz CT molecular complexity index is 1050. The van der Waals surface area contributed by atoms with Crippen molar-refractivity contribution in [2.24, 2.45) is 0 Å². The van der Waals surface area contributed by atoms with Crippen LogP contribution in [0, 0.1) is 20.8 Å². The molecule has 4 rings (SSSR count). The molecule has 25 heavy (non-hydrogen) atoms. The first-order valence-electron chi connectivity index (χ1n) is 8.17. The molecule has 0 saturated heterocycles. The fraction of sp³-hybridized carbons (Fsp3) is 0.211. The summed E-state index contributed by atoms with van der Waals surface area (Å²) < 4.78 is 4.18. The Labute approximate surface area is 150 Å². The van der Waals surface area contributed by atoms with Gasteiger partial charge in [-0.1, -0.05) is 36.0 Å². The molecule has 0 aliphatic carbocycles. The largest absolute Gasteiger partial charge is 0.307 e. The molecule has 0 fully saturated rings. The van der Waals surface area contributed by atoms with Crippen molar-refractivity contribution in [2.75, 3.05) is 0 Å². The molecule has 0 aliphatic heterocycles. The van der Waals surface area contributed by atoms with E-state index in [4.69, 9.17) is 0 Å². The molecule has 3 heterocycles. The van der Waals surface area contributed by atoms with E-state index in [-0.39, 0.29) is 0 Å². The molecule has 0 amide bonds. The predicted octanol–water partition coefficient (Wildman–Crippen LogP) is 4.13. The molecule has 0 unspecified atom stereocenters. The van der Waals surface area contributed by atoms with Gasteiger partial charge in [-0.25, -0.2) is 4.98 Å². The minimum Gasteiger partial charge on any atom is -0.307 e. The first kappa shape index (κ1) is 15.9. The zero-order valence-electron chi connectivity index (χ0n) is 14.5. The highest BCUT2D eigenvalue weighted by Gasteiger charge is 2.14. The fourth-order valence-electron chi connectivity index (χ4n) is 2.89. The number of rotatable bonds is 4. The maximum absolute atomic E-state index is 4.68. The van der Waals surface area contributed by atoms with Crippen LogP contribution in [0.15, 0.2) is 53.9 Å². The highest BCUT2D eigenvalue weighted by molar-refractivity contribution is 7.98. The summed E-state index contributed by atoms with van der Waals surface area (Å²) in [6, 6.07) is 12.4. The van der Waals surface area contributed by atoms with Crippen LogP contribution < -0.4 is 0 Å². The zero-order valence-corrected chi connectivity index (χ0v) is 15.3. The van der Waals surface area contributed by atoms with Gasteiger partial charge in [-0.2, -0.15) is 0 Å². The van der Waals surface area contributed by atoms with Crippen LogP contribution in [0.3, 0.4) is 0 Å². The van der Waals surface area contributed by atoms with Gasteiger partial charge in [0.15, 0.2) is 5.16 Å². The molecule has 0 bridgehead atoms. The number of fused-ring (bicyclic) bond motifs is 1. The fourth-order valence-corrected chi connectivity index (χ4v) is 3.77. The molecule has 0 atom stereocenters. The van der Waals surface area contributed by atoms with Crippen molar-refractivity contribution in [1.82, 2.24) is 24.1 Å². The topological polar surface area (TPSA) is 48.0 Å². The van der Waals surface area contributed by atoms with Crippen LogP contribution in [0.5, 0.6) is 0 Å². The number of aryl methyl sites for hydroxylation is 3. The monoisotopic (exact) mass is 349 g/mol. The Balaban J connectivity index is 1.62. The summed E-state index contributed by atoms with van der Waals surface area (Å²) in [7, 11) is 0. The number of hydrogen-bond acceptors (Lipinski definition) is 4. The van der Waals surface area contributed by atoms with E-state index in [0.29, 0.717) is 0 Å². The minimum absolute atomic E-state index is 0.755. The molecule has 0 saturated carbocycles. The maximum Gasteiger partial charge on any atom is 0.196 e. The molecule has 6 heteroatoms. The van der Waals surface area contributed by atoms with E-state index in [1.54, 1.807) is 11.8 Å². The molecule has 3 aromatic heterocycles. The summed E-state index contributed by atoms with van der Waals surface area (Å²) in [5, 5.41) is 9.51. The lowest BCUT2D eigenvalue weighted by molar-refractivity contribution is 0.861. The molecule has 5 nitrogen and oxygen atoms in total. The highest BCUT2D eigenvalue weighted by Crippen LogP contribution is 2.26. The molecule has 0 N–H and O–H groups in total. The van der Waals surface area contributed by atoms with Gasteiger partial charge < -0.3 is 4.40 Å². The third-order valence-corrected chi connectivity index (χ3v) is 5.11. The SMILES string of the molecule is Cc1ccc2nc(CSc3nnc(C)n3-c3ccccc3C)cn2c1.